The standard InChI is InChI=1S/C22H22O4/c1-11-5-15(6-12(2)20(11)24)16-9-18(22(26)19(23)10-16)17-7-13(3)21(25)14(4)8-17/h5-10,23-26H,1-4H3. The third kappa shape index (κ3) is 2.94. The van der Waals surface area contributed by atoms with Crippen molar-refractivity contribution in [2.45, 2.75) is 27.7 Å². The molecule has 0 aliphatic rings. The number of phenols is 4. The van der Waals surface area contributed by atoms with Crippen molar-refractivity contribution in [1.82, 2.24) is 0 Å². The first-order valence-electron chi connectivity index (χ1n) is 8.36. The minimum Gasteiger partial charge on any atom is -0.507 e. The first-order valence-corrected chi connectivity index (χ1v) is 8.36. The maximum Gasteiger partial charge on any atom is 0.165 e. The van der Waals surface area contributed by atoms with E-state index in [-0.39, 0.29) is 23.0 Å². The van der Waals surface area contributed by atoms with Gasteiger partial charge in [-0.25, -0.2) is 0 Å². The zero-order valence-corrected chi connectivity index (χ0v) is 15.3. The van der Waals surface area contributed by atoms with E-state index in [1.54, 1.807) is 32.0 Å². The first kappa shape index (κ1) is 17.7. The lowest BCUT2D eigenvalue weighted by molar-refractivity contribution is 0.405. The zero-order chi connectivity index (χ0) is 19.2. The van der Waals surface area contributed by atoms with Crippen LogP contribution in [0.1, 0.15) is 22.3 Å². The number of aryl methyl sites for hydroxylation is 4. The Kier molecular flexibility index (Phi) is 4.28. The molecule has 0 saturated carbocycles. The van der Waals surface area contributed by atoms with E-state index in [1.165, 1.54) is 6.07 Å². The quantitative estimate of drug-likeness (QED) is 0.486. The van der Waals surface area contributed by atoms with E-state index in [2.05, 4.69) is 0 Å². The van der Waals surface area contributed by atoms with Crippen molar-refractivity contribution in [2.24, 2.45) is 0 Å². The summed E-state index contributed by atoms with van der Waals surface area (Å²) in [5, 5.41) is 40.6. The second-order valence-electron chi connectivity index (χ2n) is 6.81. The van der Waals surface area contributed by atoms with Crippen LogP contribution >= 0.6 is 0 Å². The zero-order valence-electron chi connectivity index (χ0n) is 15.3. The van der Waals surface area contributed by atoms with E-state index in [0.717, 1.165) is 22.3 Å². The third-order valence-electron chi connectivity index (χ3n) is 4.72. The summed E-state index contributed by atoms with van der Waals surface area (Å²) in [6, 6.07) is 10.5. The average molecular weight is 350 g/mol. The largest absolute Gasteiger partial charge is 0.507 e. The lowest BCUT2D eigenvalue weighted by Crippen LogP contribution is -1.89. The molecule has 0 bridgehead atoms. The van der Waals surface area contributed by atoms with Crippen molar-refractivity contribution in [3.8, 4) is 45.3 Å². The van der Waals surface area contributed by atoms with E-state index in [0.29, 0.717) is 22.3 Å². The van der Waals surface area contributed by atoms with Crippen LogP contribution in [0.2, 0.25) is 0 Å². The molecule has 134 valence electrons. The summed E-state index contributed by atoms with van der Waals surface area (Å²) in [6.45, 7) is 7.22. The Morgan fingerprint density at radius 1 is 0.462 bits per heavy atom. The normalized spacial score (nSPS) is 10.9. The van der Waals surface area contributed by atoms with E-state index >= 15 is 0 Å². The Morgan fingerprint density at radius 3 is 1.31 bits per heavy atom. The second kappa shape index (κ2) is 6.30. The summed E-state index contributed by atoms with van der Waals surface area (Å²) in [5.41, 5.74) is 5.62. The first-order chi connectivity index (χ1) is 12.2. The molecule has 0 aromatic heterocycles. The molecule has 4 nitrogen and oxygen atoms in total. The molecule has 0 heterocycles. The van der Waals surface area contributed by atoms with Gasteiger partial charge in [0.05, 0.1) is 0 Å². The van der Waals surface area contributed by atoms with E-state index in [9.17, 15) is 20.4 Å². The summed E-state index contributed by atoms with van der Waals surface area (Å²) in [5.74, 6) is 0.0508. The second-order valence-corrected chi connectivity index (χ2v) is 6.81. The van der Waals surface area contributed by atoms with Gasteiger partial charge in [0.25, 0.3) is 0 Å². The molecular formula is C22H22O4. The van der Waals surface area contributed by atoms with Gasteiger partial charge in [-0.3, -0.25) is 0 Å². The lowest BCUT2D eigenvalue weighted by Gasteiger charge is -2.14. The van der Waals surface area contributed by atoms with Gasteiger partial charge in [-0.05, 0) is 103 Å². The summed E-state index contributed by atoms with van der Waals surface area (Å²) < 4.78 is 0. The van der Waals surface area contributed by atoms with Crippen LogP contribution in [0, 0.1) is 27.7 Å². The molecular weight excluding hydrogens is 328 g/mol. The Morgan fingerprint density at radius 2 is 0.846 bits per heavy atom. The van der Waals surface area contributed by atoms with Gasteiger partial charge in [-0.15, -0.1) is 0 Å². The minimum absolute atomic E-state index is 0.203. The van der Waals surface area contributed by atoms with E-state index in [1.807, 2.05) is 26.0 Å². The van der Waals surface area contributed by atoms with Crippen LogP contribution in [0.15, 0.2) is 36.4 Å². The number of hydrogen-bond acceptors (Lipinski definition) is 4. The van der Waals surface area contributed by atoms with Crippen molar-refractivity contribution in [3.63, 3.8) is 0 Å². The molecule has 0 aliphatic heterocycles. The molecule has 0 amide bonds. The van der Waals surface area contributed by atoms with Crippen LogP contribution in [0.25, 0.3) is 22.3 Å². The molecule has 3 aromatic rings. The van der Waals surface area contributed by atoms with Crippen LogP contribution < -0.4 is 0 Å². The van der Waals surface area contributed by atoms with Crippen molar-refractivity contribution < 1.29 is 20.4 Å². The Labute approximate surface area is 152 Å². The minimum atomic E-state index is -0.218. The summed E-state index contributed by atoms with van der Waals surface area (Å²) in [7, 11) is 0. The van der Waals surface area contributed by atoms with Crippen molar-refractivity contribution in [3.05, 3.63) is 58.7 Å². The molecule has 4 heteroatoms. The third-order valence-corrected chi connectivity index (χ3v) is 4.72. The molecule has 0 fully saturated rings. The van der Waals surface area contributed by atoms with Crippen molar-refractivity contribution in [1.29, 1.82) is 0 Å². The number of phenolic OH excluding ortho intramolecular Hbond substituents is 4. The SMILES string of the molecule is Cc1cc(-c2cc(O)c(O)c(-c3cc(C)c(O)c(C)c3)c2)cc(C)c1O. The van der Waals surface area contributed by atoms with E-state index < -0.39 is 0 Å². The van der Waals surface area contributed by atoms with Gasteiger partial charge in [-0.2, -0.15) is 0 Å². The predicted molar refractivity (Wildman–Crippen MR) is 103 cm³/mol. The number of rotatable bonds is 2. The number of benzene rings is 3. The van der Waals surface area contributed by atoms with Gasteiger partial charge >= 0.3 is 0 Å². The molecule has 0 aliphatic carbocycles. The molecule has 0 atom stereocenters. The van der Waals surface area contributed by atoms with Gasteiger partial charge < -0.3 is 20.4 Å². The Hall–Kier alpha value is -3.14. The Bertz CT molecular complexity index is 973. The molecule has 0 saturated heterocycles. The fourth-order valence-corrected chi connectivity index (χ4v) is 3.24. The van der Waals surface area contributed by atoms with Gasteiger partial charge in [0.2, 0.25) is 0 Å². The van der Waals surface area contributed by atoms with Crippen LogP contribution in [0.5, 0.6) is 23.0 Å². The number of aromatic hydroxyl groups is 4. The summed E-state index contributed by atoms with van der Waals surface area (Å²) >= 11 is 0. The van der Waals surface area contributed by atoms with Crippen LogP contribution in [-0.2, 0) is 0 Å². The van der Waals surface area contributed by atoms with Crippen molar-refractivity contribution >= 4 is 0 Å². The maximum atomic E-state index is 10.4. The Balaban J connectivity index is 2.23. The monoisotopic (exact) mass is 350 g/mol. The average Bonchev–Trinajstić information content (AvgIpc) is 2.58. The van der Waals surface area contributed by atoms with Gasteiger partial charge in [0.1, 0.15) is 11.5 Å². The highest BCUT2D eigenvalue weighted by molar-refractivity contribution is 5.82. The molecule has 0 spiro atoms. The van der Waals surface area contributed by atoms with Crippen LogP contribution in [-0.4, -0.2) is 20.4 Å². The van der Waals surface area contributed by atoms with Gasteiger partial charge in [-0.1, -0.05) is 0 Å². The van der Waals surface area contributed by atoms with Crippen LogP contribution in [0.4, 0.5) is 0 Å². The molecule has 0 radical (unpaired) electrons. The fraction of sp³-hybridized carbons (Fsp3) is 0.182. The van der Waals surface area contributed by atoms with Gasteiger partial charge in [0.15, 0.2) is 11.5 Å². The van der Waals surface area contributed by atoms with E-state index in [4.69, 9.17) is 0 Å². The molecule has 3 rings (SSSR count). The number of hydrogen-bond donors (Lipinski definition) is 4. The topological polar surface area (TPSA) is 80.9 Å². The smallest absolute Gasteiger partial charge is 0.165 e. The summed E-state index contributed by atoms with van der Waals surface area (Å²) in [4.78, 5) is 0. The highest BCUT2D eigenvalue weighted by Gasteiger charge is 2.15. The van der Waals surface area contributed by atoms with Crippen LogP contribution in [0.3, 0.4) is 0 Å². The van der Waals surface area contributed by atoms with Crippen molar-refractivity contribution in [2.75, 3.05) is 0 Å². The molecule has 3 aromatic carbocycles. The van der Waals surface area contributed by atoms with Gasteiger partial charge in [0, 0.05) is 5.56 Å². The molecule has 4 N–H and O–H groups in total. The maximum absolute atomic E-state index is 10.4. The molecule has 0 unspecified atom stereocenters. The fourth-order valence-electron chi connectivity index (χ4n) is 3.24. The highest BCUT2D eigenvalue weighted by Crippen LogP contribution is 2.42. The predicted octanol–water partition coefficient (Wildman–Crippen LogP) is 5.08. The lowest BCUT2D eigenvalue weighted by atomic mass is 9.93. The molecule has 26 heavy (non-hydrogen) atoms. The highest BCUT2D eigenvalue weighted by atomic mass is 16.3. The summed E-state index contributed by atoms with van der Waals surface area (Å²) in [6.07, 6.45) is 0.